The van der Waals surface area contributed by atoms with E-state index in [0.717, 1.165) is 6.42 Å². The van der Waals surface area contributed by atoms with E-state index in [1.807, 2.05) is 7.05 Å². The number of hydrogen-bond acceptors (Lipinski definition) is 1. The zero-order valence-electron chi connectivity index (χ0n) is 13.4. The van der Waals surface area contributed by atoms with Gasteiger partial charge in [0.05, 0.1) is 0 Å². The predicted octanol–water partition coefficient (Wildman–Crippen LogP) is 4.89. The molecule has 1 rings (SSSR count). The van der Waals surface area contributed by atoms with Crippen molar-refractivity contribution in [3.8, 4) is 0 Å². The van der Waals surface area contributed by atoms with E-state index in [0.29, 0.717) is 0 Å². The van der Waals surface area contributed by atoms with Crippen LogP contribution in [0, 0.1) is 0 Å². The van der Waals surface area contributed by atoms with Gasteiger partial charge in [-0.25, -0.2) is 0 Å². The lowest BCUT2D eigenvalue weighted by molar-refractivity contribution is 0.570. The summed E-state index contributed by atoms with van der Waals surface area (Å²) in [6.45, 7) is 15.9. The van der Waals surface area contributed by atoms with Gasteiger partial charge < -0.3 is 5.32 Å². The molecule has 0 spiro atoms. The highest BCUT2D eigenvalue weighted by molar-refractivity contribution is 5.63. The molecule has 1 heteroatoms. The smallest absolute Gasteiger partial charge is 0.0413 e. The van der Waals surface area contributed by atoms with E-state index < -0.39 is 0 Å². The molecule has 0 aliphatic rings. The van der Waals surface area contributed by atoms with Gasteiger partial charge >= 0.3 is 0 Å². The standard InChI is InChI=1S/C17H29N/c1-9-12-10-13(16(2,3)4)15(18-8)14(11-12)17(5,6)7/h10-11,18H,9H2,1-8H3. The summed E-state index contributed by atoms with van der Waals surface area (Å²) in [7, 11) is 2.03. The van der Waals surface area contributed by atoms with Crippen LogP contribution < -0.4 is 5.32 Å². The van der Waals surface area contributed by atoms with Crippen LogP contribution in [0.25, 0.3) is 0 Å². The molecule has 0 saturated heterocycles. The van der Waals surface area contributed by atoms with Gasteiger partial charge in [-0.3, -0.25) is 0 Å². The second kappa shape index (κ2) is 4.95. The molecule has 1 nitrogen and oxygen atoms in total. The molecule has 1 aromatic carbocycles. The van der Waals surface area contributed by atoms with Gasteiger partial charge in [-0.05, 0) is 33.9 Å². The number of benzene rings is 1. The van der Waals surface area contributed by atoms with E-state index in [1.54, 1.807) is 0 Å². The summed E-state index contributed by atoms with van der Waals surface area (Å²) < 4.78 is 0. The Morgan fingerprint density at radius 3 is 1.50 bits per heavy atom. The summed E-state index contributed by atoms with van der Waals surface area (Å²) in [6.07, 6.45) is 1.09. The van der Waals surface area contributed by atoms with Gasteiger partial charge in [0.1, 0.15) is 0 Å². The van der Waals surface area contributed by atoms with Crippen molar-refractivity contribution in [2.75, 3.05) is 12.4 Å². The minimum atomic E-state index is 0.170. The normalized spacial score (nSPS) is 12.7. The van der Waals surface area contributed by atoms with Crippen molar-refractivity contribution in [1.29, 1.82) is 0 Å². The van der Waals surface area contributed by atoms with E-state index >= 15 is 0 Å². The molecule has 0 aromatic heterocycles. The highest BCUT2D eigenvalue weighted by Crippen LogP contribution is 2.38. The average Bonchev–Trinajstić information content (AvgIpc) is 2.24. The number of hydrogen-bond donors (Lipinski definition) is 1. The van der Waals surface area contributed by atoms with E-state index in [1.165, 1.54) is 22.4 Å². The van der Waals surface area contributed by atoms with Crippen LogP contribution in [0.15, 0.2) is 12.1 Å². The van der Waals surface area contributed by atoms with Gasteiger partial charge in [0, 0.05) is 12.7 Å². The van der Waals surface area contributed by atoms with Crippen molar-refractivity contribution in [2.24, 2.45) is 0 Å². The summed E-state index contributed by atoms with van der Waals surface area (Å²) in [5, 5.41) is 3.43. The molecule has 0 fully saturated rings. The van der Waals surface area contributed by atoms with Gasteiger partial charge in [-0.1, -0.05) is 60.6 Å². The Labute approximate surface area is 113 Å². The van der Waals surface area contributed by atoms with Crippen LogP contribution in [0.5, 0.6) is 0 Å². The molecule has 1 N–H and O–H groups in total. The largest absolute Gasteiger partial charge is 0.388 e. The Morgan fingerprint density at radius 1 is 0.889 bits per heavy atom. The molecule has 0 bridgehead atoms. The molecule has 18 heavy (non-hydrogen) atoms. The van der Waals surface area contributed by atoms with E-state index in [-0.39, 0.29) is 10.8 Å². The van der Waals surface area contributed by atoms with E-state index in [9.17, 15) is 0 Å². The summed E-state index contributed by atoms with van der Waals surface area (Å²) in [4.78, 5) is 0. The van der Waals surface area contributed by atoms with Gasteiger partial charge in [-0.15, -0.1) is 0 Å². The van der Waals surface area contributed by atoms with Crippen molar-refractivity contribution in [3.05, 3.63) is 28.8 Å². The van der Waals surface area contributed by atoms with Crippen LogP contribution in [-0.4, -0.2) is 7.05 Å². The lowest BCUT2D eigenvalue weighted by atomic mass is 9.77. The second-order valence-corrected chi connectivity index (χ2v) is 7.17. The molecule has 1 aromatic rings. The minimum absolute atomic E-state index is 0.170. The monoisotopic (exact) mass is 247 g/mol. The van der Waals surface area contributed by atoms with E-state index in [4.69, 9.17) is 0 Å². The topological polar surface area (TPSA) is 12.0 Å². The summed E-state index contributed by atoms with van der Waals surface area (Å²) in [5.41, 5.74) is 5.94. The number of anilines is 1. The SMILES string of the molecule is CCc1cc(C(C)(C)C)c(NC)c(C(C)(C)C)c1. The third-order valence-electron chi connectivity index (χ3n) is 3.47. The van der Waals surface area contributed by atoms with Gasteiger partial charge in [0.2, 0.25) is 0 Å². The lowest BCUT2D eigenvalue weighted by Gasteiger charge is -2.30. The Bertz CT molecular complexity index is 381. The molecule has 0 aliphatic heterocycles. The van der Waals surface area contributed by atoms with E-state index in [2.05, 4.69) is 65.9 Å². The fraction of sp³-hybridized carbons (Fsp3) is 0.647. The summed E-state index contributed by atoms with van der Waals surface area (Å²) in [5.74, 6) is 0. The first kappa shape index (κ1) is 15.1. The zero-order valence-corrected chi connectivity index (χ0v) is 13.4. The van der Waals surface area contributed by atoms with Crippen LogP contribution in [0.1, 0.15) is 65.2 Å². The number of rotatable bonds is 2. The maximum atomic E-state index is 3.43. The van der Waals surface area contributed by atoms with Crippen LogP contribution in [0.4, 0.5) is 5.69 Å². The number of aryl methyl sites for hydroxylation is 1. The Morgan fingerprint density at radius 2 is 1.28 bits per heavy atom. The van der Waals surface area contributed by atoms with Gasteiger partial charge in [0.15, 0.2) is 0 Å². The fourth-order valence-electron chi connectivity index (χ4n) is 2.36. The molecular formula is C17H29N. The van der Waals surface area contributed by atoms with Gasteiger partial charge in [-0.2, -0.15) is 0 Å². The highest BCUT2D eigenvalue weighted by Gasteiger charge is 2.25. The highest BCUT2D eigenvalue weighted by atomic mass is 14.8. The van der Waals surface area contributed by atoms with Gasteiger partial charge in [0.25, 0.3) is 0 Å². The number of nitrogens with one attached hydrogen (secondary N) is 1. The Balaban J connectivity index is 3.61. The molecule has 0 saturated carbocycles. The third kappa shape index (κ3) is 3.07. The maximum absolute atomic E-state index is 3.43. The maximum Gasteiger partial charge on any atom is 0.0413 e. The average molecular weight is 247 g/mol. The summed E-state index contributed by atoms with van der Waals surface area (Å²) in [6, 6.07) is 4.72. The molecule has 0 aliphatic carbocycles. The summed E-state index contributed by atoms with van der Waals surface area (Å²) >= 11 is 0. The van der Waals surface area contributed by atoms with Crippen LogP contribution in [0.2, 0.25) is 0 Å². The van der Waals surface area contributed by atoms with Crippen LogP contribution in [-0.2, 0) is 17.3 Å². The van der Waals surface area contributed by atoms with Crippen LogP contribution >= 0.6 is 0 Å². The lowest BCUT2D eigenvalue weighted by Crippen LogP contribution is -2.21. The molecule has 0 atom stereocenters. The minimum Gasteiger partial charge on any atom is -0.388 e. The third-order valence-corrected chi connectivity index (χ3v) is 3.47. The first-order valence-corrected chi connectivity index (χ1v) is 6.97. The van der Waals surface area contributed by atoms with Crippen molar-refractivity contribution >= 4 is 5.69 Å². The Kier molecular flexibility index (Phi) is 4.15. The Hall–Kier alpha value is -0.980. The molecular weight excluding hydrogens is 218 g/mol. The molecule has 0 heterocycles. The van der Waals surface area contributed by atoms with Crippen molar-refractivity contribution < 1.29 is 0 Å². The second-order valence-electron chi connectivity index (χ2n) is 7.17. The zero-order chi connectivity index (χ0) is 14.1. The fourth-order valence-corrected chi connectivity index (χ4v) is 2.36. The molecule has 0 unspecified atom stereocenters. The quantitative estimate of drug-likeness (QED) is 0.785. The van der Waals surface area contributed by atoms with Crippen molar-refractivity contribution in [1.82, 2.24) is 0 Å². The predicted molar refractivity (Wildman–Crippen MR) is 82.8 cm³/mol. The first-order chi connectivity index (χ1) is 8.11. The van der Waals surface area contributed by atoms with Crippen molar-refractivity contribution in [3.63, 3.8) is 0 Å². The first-order valence-electron chi connectivity index (χ1n) is 6.97. The molecule has 102 valence electrons. The molecule has 0 amide bonds. The van der Waals surface area contributed by atoms with Crippen LogP contribution in [0.3, 0.4) is 0 Å². The van der Waals surface area contributed by atoms with Crippen molar-refractivity contribution in [2.45, 2.75) is 65.7 Å². The molecule has 0 radical (unpaired) electrons.